The first-order valence-corrected chi connectivity index (χ1v) is 17.0. The molecule has 0 aliphatic carbocycles. The molecule has 3 unspecified atom stereocenters. The SMILES string of the molecule is CC(C)(CCC1(C)OB(c2ccccc2O)OC1(C)C)OC(=O)N1CCCC(NS(C)(=O)=O)C1Cc1cccc(Br)c1. The topological polar surface area (TPSA) is 114 Å². The van der Waals surface area contributed by atoms with E-state index in [4.69, 9.17) is 14.0 Å². The van der Waals surface area contributed by atoms with E-state index < -0.39 is 52.1 Å². The largest absolute Gasteiger partial charge is 0.508 e. The number of sulfonamides is 1. The van der Waals surface area contributed by atoms with Crippen molar-refractivity contribution in [2.45, 2.75) is 95.6 Å². The van der Waals surface area contributed by atoms with Crippen LogP contribution in [0.15, 0.2) is 53.0 Å². The first kappa shape index (κ1) is 32.8. The van der Waals surface area contributed by atoms with E-state index in [0.29, 0.717) is 44.1 Å². The first-order valence-electron chi connectivity index (χ1n) is 14.3. The van der Waals surface area contributed by atoms with Crippen LogP contribution in [0.5, 0.6) is 5.75 Å². The Bertz CT molecular complexity index is 1390. The van der Waals surface area contributed by atoms with Crippen molar-refractivity contribution in [3.05, 3.63) is 58.6 Å². The van der Waals surface area contributed by atoms with Gasteiger partial charge in [-0.2, -0.15) is 0 Å². The molecule has 2 heterocycles. The van der Waals surface area contributed by atoms with E-state index in [-0.39, 0.29) is 5.75 Å². The highest BCUT2D eigenvalue weighted by Crippen LogP contribution is 2.42. The van der Waals surface area contributed by atoms with Crippen molar-refractivity contribution in [1.29, 1.82) is 0 Å². The number of para-hydroxylation sites is 1. The molecule has 2 fully saturated rings. The summed E-state index contributed by atoms with van der Waals surface area (Å²) in [4.78, 5) is 15.4. The van der Waals surface area contributed by atoms with Gasteiger partial charge < -0.3 is 24.1 Å². The number of nitrogens with one attached hydrogen (secondary N) is 1. The van der Waals surface area contributed by atoms with Crippen molar-refractivity contribution in [2.24, 2.45) is 0 Å². The Morgan fingerprint density at radius 2 is 1.90 bits per heavy atom. The number of piperidine rings is 1. The van der Waals surface area contributed by atoms with Gasteiger partial charge in [-0.3, -0.25) is 0 Å². The molecule has 0 bridgehead atoms. The van der Waals surface area contributed by atoms with E-state index in [9.17, 15) is 18.3 Å². The highest BCUT2D eigenvalue weighted by molar-refractivity contribution is 9.10. The van der Waals surface area contributed by atoms with Gasteiger partial charge in [0.2, 0.25) is 10.0 Å². The Hall–Kier alpha value is -2.12. The van der Waals surface area contributed by atoms with Crippen LogP contribution in [0.25, 0.3) is 0 Å². The summed E-state index contributed by atoms with van der Waals surface area (Å²) in [5.74, 6) is 0.111. The summed E-state index contributed by atoms with van der Waals surface area (Å²) in [6, 6.07) is 13.9. The molecule has 4 rings (SSSR count). The molecule has 2 saturated heterocycles. The number of carbonyl (C=O) groups excluding carboxylic acids is 1. The molecule has 2 N–H and O–H groups in total. The molecular formula is C30H42BBrN2O7S. The Labute approximate surface area is 258 Å². The lowest BCUT2D eigenvalue weighted by atomic mass is 9.78. The fraction of sp³-hybridized carbons (Fsp3) is 0.567. The Morgan fingerprint density at radius 3 is 2.57 bits per heavy atom. The Kier molecular flexibility index (Phi) is 9.74. The van der Waals surface area contributed by atoms with Gasteiger partial charge in [0.15, 0.2) is 0 Å². The lowest BCUT2D eigenvalue weighted by Crippen LogP contribution is -2.58. The third kappa shape index (κ3) is 7.88. The summed E-state index contributed by atoms with van der Waals surface area (Å²) in [5.41, 5.74) is -0.682. The minimum Gasteiger partial charge on any atom is -0.508 e. The molecule has 3 atom stereocenters. The number of phenols is 1. The molecule has 2 aromatic carbocycles. The van der Waals surface area contributed by atoms with E-state index in [0.717, 1.165) is 16.3 Å². The predicted octanol–water partition coefficient (Wildman–Crippen LogP) is 4.75. The van der Waals surface area contributed by atoms with Crippen molar-refractivity contribution in [3.63, 3.8) is 0 Å². The molecule has 230 valence electrons. The number of hydrogen-bond acceptors (Lipinski definition) is 7. The molecule has 2 aromatic rings. The van der Waals surface area contributed by atoms with Crippen molar-refractivity contribution in [2.75, 3.05) is 12.8 Å². The molecule has 0 spiro atoms. The molecule has 12 heteroatoms. The second-order valence-electron chi connectivity index (χ2n) is 12.7. The summed E-state index contributed by atoms with van der Waals surface area (Å²) in [6.45, 7) is 10.1. The number of aromatic hydroxyl groups is 1. The summed E-state index contributed by atoms with van der Waals surface area (Å²) in [6.07, 6.45) is 3.46. The molecule has 0 radical (unpaired) electrons. The van der Waals surface area contributed by atoms with Crippen molar-refractivity contribution in [3.8, 4) is 5.75 Å². The quantitative estimate of drug-likeness (QED) is 0.372. The van der Waals surface area contributed by atoms with Crippen LogP contribution in [-0.4, -0.2) is 73.3 Å². The fourth-order valence-corrected chi connectivity index (χ4v) is 6.98. The number of halogens is 1. The molecule has 9 nitrogen and oxygen atoms in total. The van der Waals surface area contributed by atoms with Crippen LogP contribution in [-0.2, 0) is 30.5 Å². The van der Waals surface area contributed by atoms with Crippen molar-refractivity contribution < 1.29 is 32.4 Å². The zero-order valence-electron chi connectivity index (χ0n) is 25.2. The maximum atomic E-state index is 13.7. The van der Waals surface area contributed by atoms with E-state index in [1.165, 1.54) is 0 Å². The van der Waals surface area contributed by atoms with Gasteiger partial charge in [0.05, 0.1) is 23.5 Å². The van der Waals surface area contributed by atoms with Gasteiger partial charge in [-0.05, 0) is 90.5 Å². The first-order chi connectivity index (χ1) is 19.5. The van der Waals surface area contributed by atoms with Crippen LogP contribution in [0.2, 0.25) is 0 Å². The second-order valence-corrected chi connectivity index (χ2v) is 15.4. The Morgan fingerprint density at radius 1 is 1.19 bits per heavy atom. The molecule has 1 amide bonds. The summed E-state index contributed by atoms with van der Waals surface area (Å²) in [5, 5.41) is 10.3. The molecule has 2 aliphatic heterocycles. The normalized spacial score (nSPS) is 24.5. The van der Waals surface area contributed by atoms with E-state index in [1.807, 2.05) is 65.0 Å². The average Bonchev–Trinajstić information content (AvgIpc) is 3.11. The van der Waals surface area contributed by atoms with Crippen molar-refractivity contribution >= 4 is 44.6 Å². The fourth-order valence-electron chi connectivity index (χ4n) is 5.71. The predicted molar refractivity (Wildman–Crippen MR) is 167 cm³/mol. The molecule has 0 aromatic heterocycles. The highest BCUT2D eigenvalue weighted by Gasteiger charge is 2.55. The summed E-state index contributed by atoms with van der Waals surface area (Å²) >= 11 is 3.50. The number of amides is 1. The number of rotatable bonds is 9. The van der Waals surface area contributed by atoms with Crippen LogP contribution in [0.4, 0.5) is 4.79 Å². The zero-order chi connectivity index (χ0) is 30.9. The zero-order valence-corrected chi connectivity index (χ0v) is 27.6. The maximum Gasteiger partial charge on any atom is 0.498 e. The number of benzene rings is 2. The van der Waals surface area contributed by atoms with Gasteiger partial charge in [0.25, 0.3) is 0 Å². The van der Waals surface area contributed by atoms with Crippen LogP contribution in [0.3, 0.4) is 0 Å². The second kappa shape index (κ2) is 12.5. The minimum absolute atomic E-state index is 0.111. The third-order valence-corrected chi connectivity index (χ3v) is 9.74. The monoisotopic (exact) mass is 664 g/mol. The lowest BCUT2D eigenvalue weighted by molar-refractivity contribution is -0.0475. The van der Waals surface area contributed by atoms with Gasteiger partial charge in [-0.25, -0.2) is 17.9 Å². The Balaban J connectivity index is 1.47. The van der Waals surface area contributed by atoms with Crippen LogP contribution in [0, 0.1) is 0 Å². The molecule has 0 saturated carbocycles. The number of phenolic OH excluding ortho intramolecular Hbond substituents is 1. The number of ether oxygens (including phenoxy) is 1. The number of likely N-dealkylation sites (tertiary alicyclic amines) is 1. The van der Waals surface area contributed by atoms with Gasteiger partial charge in [0, 0.05) is 22.5 Å². The minimum atomic E-state index is -3.48. The van der Waals surface area contributed by atoms with Gasteiger partial charge >= 0.3 is 13.2 Å². The molecule has 42 heavy (non-hydrogen) atoms. The number of carbonyl (C=O) groups is 1. The van der Waals surface area contributed by atoms with Crippen LogP contribution < -0.4 is 10.2 Å². The lowest BCUT2D eigenvalue weighted by Gasteiger charge is -2.43. The number of nitrogens with zero attached hydrogens (tertiary/aromatic N) is 1. The average molecular weight is 665 g/mol. The standard InChI is InChI=1S/C30H42BBrN2O7S/c1-28(2,16-17-30(5)29(3,4)40-31(41-30)23-13-7-8-15-26(23)35)39-27(36)34-18-10-14-24(33-42(6,37)38)25(34)20-21-11-9-12-22(32)19-21/h7-9,11-13,15,19,24-25,33,35H,10,14,16-18,20H2,1-6H3. The van der Waals surface area contributed by atoms with Crippen molar-refractivity contribution in [1.82, 2.24) is 9.62 Å². The molecule has 2 aliphatic rings. The highest BCUT2D eigenvalue weighted by atomic mass is 79.9. The molecular weight excluding hydrogens is 623 g/mol. The van der Waals surface area contributed by atoms with Crippen LogP contribution in [0.1, 0.15) is 65.9 Å². The smallest absolute Gasteiger partial charge is 0.498 e. The summed E-state index contributed by atoms with van der Waals surface area (Å²) in [7, 11) is -4.20. The van der Waals surface area contributed by atoms with Crippen LogP contribution >= 0.6 is 15.9 Å². The van der Waals surface area contributed by atoms with Gasteiger partial charge in [-0.1, -0.05) is 46.3 Å². The van der Waals surface area contributed by atoms with E-state index >= 15 is 0 Å². The third-order valence-electron chi connectivity index (χ3n) is 8.51. The van der Waals surface area contributed by atoms with E-state index in [2.05, 4.69) is 20.7 Å². The maximum absolute atomic E-state index is 13.7. The van der Waals surface area contributed by atoms with E-state index in [1.54, 1.807) is 23.1 Å². The summed E-state index contributed by atoms with van der Waals surface area (Å²) < 4.78 is 46.8. The van der Waals surface area contributed by atoms with Gasteiger partial charge in [0.1, 0.15) is 11.4 Å². The number of hydrogen-bond donors (Lipinski definition) is 2. The van der Waals surface area contributed by atoms with Gasteiger partial charge in [-0.15, -0.1) is 0 Å².